The van der Waals surface area contributed by atoms with Crippen molar-refractivity contribution in [2.45, 2.75) is 60.8 Å². The van der Waals surface area contributed by atoms with Crippen LogP contribution in [-0.4, -0.2) is 73.8 Å². The Morgan fingerprint density at radius 1 is 0.974 bits per heavy atom. The van der Waals surface area contributed by atoms with Gasteiger partial charge in [-0.1, -0.05) is 50.6 Å². The second-order valence-electron chi connectivity index (χ2n) is 9.67. The van der Waals surface area contributed by atoms with Crippen LogP contribution in [0.15, 0.2) is 41.5 Å². The molecule has 9 heteroatoms. The number of benzene rings is 1. The van der Waals surface area contributed by atoms with Crippen molar-refractivity contribution in [1.29, 1.82) is 0 Å². The van der Waals surface area contributed by atoms with E-state index in [-0.39, 0.29) is 11.8 Å². The molecule has 0 fully saturated rings. The zero-order valence-corrected chi connectivity index (χ0v) is 24.6. The Balaban J connectivity index is 2.31. The fourth-order valence-corrected chi connectivity index (χ4v) is 4.25. The maximum absolute atomic E-state index is 12.7. The number of aryl methyl sites for hydroxylation is 1. The van der Waals surface area contributed by atoms with Gasteiger partial charge < -0.3 is 15.0 Å². The predicted molar refractivity (Wildman–Crippen MR) is 160 cm³/mol. The van der Waals surface area contributed by atoms with Crippen LogP contribution in [0.4, 0.5) is 11.5 Å². The van der Waals surface area contributed by atoms with E-state index < -0.39 is 0 Å². The number of anilines is 2. The Morgan fingerprint density at radius 3 is 2.31 bits per heavy atom. The number of rotatable bonds is 17. The maximum atomic E-state index is 12.7. The number of nitrogens with zero attached hydrogens (tertiary/aromatic N) is 5. The minimum absolute atomic E-state index is 0.0277. The summed E-state index contributed by atoms with van der Waals surface area (Å²) in [7, 11) is 0. The molecule has 9 nitrogen and oxygen atoms in total. The zero-order valence-electron chi connectivity index (χ0n) is 24.6. The largest absolute Gasteiger partial charge is 0.476 e. The first-order valence-electron chi connectivity index (χ1n) is 14.0. The summed E-state index contributed by atoms with van der Waals surface area (Å²) in [5, 5.41) is 8.68. The van der Waals surface area contributed by atoms with Crippen LogP contribution < -0.4 is 20.0 Å². The van der Waals surface area contributed by atoms with Crippen LogP contribution in [0, 0.1) is 6.92 Å². The fraction of sp³-hybridized carbons (Fsp3) is 0.533. The number of pyridine rings is 1. The van der Waals surface area contributed by atoms with Gasteiger partial charge in [-0.2, -0.15) is 15.1 Å². The molecule has 0 saturated carbocycles. The zero-order chi connectivity index (χ0) is 28.6. The number of hydrogen-bond donors (Lipinski definition) is 1. The smallest absolute Gasteiger partial charge is 0.245 e. The molecule has 2 rings (SSSR count). The summed E-state index contributed by atoms with van der Waals surface area (Å²) in [6.45, 7) is 16.6. The number of amides is 2. The van der Waals surface area contributed by atoms with Crippen molar-refractivity contribution in [2.24, 2.45) is 5.10 Å². The molecule has 0 saturated heterocycles. The molecule has 39 heavy (non-hydrogen) atoms. The summed E-state index contributed by atoms with van der Waals surface area (Å²) in [5.41, 5.74) is 2.97. The lowest BCUT2D eigenvalue weighted by Gasteiger charge is -2.26. The number of ether oxygens (including phenoxy) is 1. The summed E-state index contributed by atoms with van der Waals surface area (Å²) in [6, 6.07) is 11.8. The monoisotopic (exact) mass is 538 g/mol. The minimum atomic E-state index is -0.237. The predicted octanol–water partition coefficient (Wildman–Crippen LogP) is 4.63. The number of carbonyl (C=O) groups is 2. The van der Waals surface area contributed by atoms with Crippen LogP contribution >= 0.6 is 0 Å². The van der Waals surface area contributed by atoms with Crippen molar-refractivity contribution >= 4 is 29.5 Å². The molecule has 2 aromatic rings. The highest BCUT2D eigenvalue weighted by molar-refractivity contribution is 5.93. The van der Waals surface area contributed by atoms with Gasteiger partial charge >= 0.3 is 0 Å². The minimum Gasteiger partial charge on any atom is -0.476 e. The molecule has 1 N–H and O–H groups in total. The Labute approximate surface area is 234 Å². The second-order valence-corrected chi connectivity index (χ2v) is 9.67. The van der Waals surface area contributed by atoms with Crippen LogP contribution in [0.3, 0.4) is 0 Å². The molecular weight excluding hydrogens is 492 g/mol. The molecular formula is C30H46N6O3. The van der Waals surface area contributed by atoms with E-state index in [1.807, 2.05) is 43.3 Å². The molecule has 0 radical (unpaired) electrons. The molecule has 214 valence electrons. The van der Waals surface area contributed by atoms with Crippen molar-refractivity contribution < 1.29 is 14.3 Å². The molecule has 0 spiro atoms. The lowest BCUT2D eigenvalue weighted by molar-refractivity contribution is -0.119. The molecule has 2 amide bonds. The topological polar surface area (TPSA) is 90.4 Å². The molecule has 1 aromatic heterocycles. The van der Waals surface area contributed by atoms with E-state index in [9.17, 15) is 9.59 Å². The van der Waals surface area contributed by atoms with Gasteiger partial charge in [0.25, 0.3) is 0 Å². The normalized spacial score (nSPS) is 11.2. The SMILES string of the molecule is CCCN(CCNC(C)=O)CCOc1cc(N(CCC)CCC)cc(N(/N=C/c2cccc(C)c2)C(C)=O)n1. The molecule has 0 aliphatic rings. The molecule has 0 atom stereocenters. The van der Waals surface area contributed by atoms with Gasteiger partial charge in [0.05, 0.1) is 6.21 Å². The third kappa shape index (κ3) is 11.4. The van der Waals surface area contributed by atoms with E-state index in [0.717, 1.165) is 62.3 Å². The Hall–Kier alpha value is -3.46. The van der Waals surface area contributed by atoms with E-state index in [0.29, 0.717) is 31.4 Å². The van der Waals surface area contributed by atoms with Gasteiger partial charge in [0.2, 0.25) is 17.7 Å². The van der Waals surface area contributed by atoms with E-state index in [4.69, 9.17) is 4.74 Å². The summed E-state index contributed by atoms with van der Waals surface area (Å²) < 4.78 is 6.15. The third-order valence-electron chi connectivity index (χ3n) is 6.00. The molecule has 0 aliphatic heterocycles. The lowest BCUT2D eigenvalue weighted by Crippen LogP contribution is -2.36. The number of hydrazone groups is 1. The standard InChI is InChI=1S/C30H46N6O3/c1-7-14-34(17-13-31-25(5)37)18-19-39-30-22-28(35(15-8-2)16-9-3)21-29(33-30)36(26(6)38)32-23-27-12-10-11-24(4)20-27/h10-12,20-23H,7-9,13-19H2,1-6H3,(H,31,37)/b32-23+. The number of aromatic nitrogens is 1. The Bertz CT molecular complexity index is 1070. The van der Waals surface area contributed by atoms with Crippen molar-refractivity contribution in [3.63, 3.8) is 0 Å². The van der Waals surface area contributed by atoms with E-state index >= 15 is 0 Å². The second kappa shape index (κ2) is 17.2. The van der Waals surface area contributed by atoms with Gasteiger partial charge in [-0.05, 0) is 38.3 Å². The summed E-state index contributed by atoms with van der Waals surface area (Å²) in [4.78, 5) is 33.1. The average molecular weight is 539 g/mol. The molecule has 1 aromatic carbocycles. The van der Waals surface area contributed by atoms with Gasteiger partial charge in [-0.3, -0.25) is 14.5 Å². The van der Waals surface area contributed by atoms with Crippen LogP contribution in [0.1, 0.15) is 65.0 Å². The number of nitrogens with one attached hydrogen (secondary N) is 1. The molecule has 0 unspecified atom stereocenters. The van der Waals surface area contributed by atoms with Crippen molar-refractivity contribution in [2.75, 3.05) is 55.8 Å². The number of carbonyl (C=O) groups excluding carboxylic acids is 2. The van der Waals surface area contributed by atoms with Crippen LogP contribution in [0.25, 0.3) is 0 Å². The highest BCUT2D eigenvalue weighted by Crippen LogP contribution is 2.27. The van der Waals surface area contributed by atoms with Gasteiger partial charge in [0.15, 0.2) is 5.82 Å². The number of hydrogen-bond acceptors (Lipinski definition) is 7. The summed E-state index contributed by atoms with van der Waals surface area (Å²) >= 11 is 0. The van der Waals surface area contributed by atoms with Gasteiger partial charge in [0.1, 0.15) is 6.61 Å². The molecule has 0 aliphatic carbocycles. The highest BCUT2D eigenvalue weighted by Gasteiger charge is 2.17. The van der Waals surface area contributed by atoms with E-state index in [1.54, 1.807) is 6.21 Å². The maximum Gasteiger partial charge on any atom is 0.245 e. The lowest BCUT2D eigenvalue weighted by atomic mass is 10.2. The fourth-order valence-electron chi connectivity index (χ4n) is 4.25. The first kappa shape index (κ1) is 31.8. The van der Waals surface area contributed by atoms with Crippen LogP contribution in [-0.2, 0) is 9.59 Å². The van der Waals surface area contributed by atoms with Crippen molar-refractivity contribution in [1.82, 2.24) is 15.2 Å². The van der Waals surface area contributed by atoms with Gasteiger partial charge in [0, 0.05) is 64.4 Å². The van der Waals surface area contributed by atoms with Crippen LogP contribution in [0.5, 0.6) is 5.88 Å². The molecule has 1 heterocycles. The first-order valence-corrected chi connectivity index (χ1v) is 14.0. The average Bonchev–Trinajstić information content (AvgIpc) is 2.88. The van der Waals surface area contributed by atoms with E-state index in [2.05, 4.69) is 46.0 Å². The highest BCUT2D eigenvalue weighted by atomic mass is 16.5. The summed E-state index contributed by atoms with van der Waals surface area (Å²) in [5.74, 6) is 0.612. The van der Waals surface area contributed by atoms with E-state index in [1.165, 1.54) is 18.9 Å². The van der Waals surface area contributed by atoms with Crippen molar-refractivity contribution in [3.8, 4) is 5.88 Å². The van der Waals surface area contributed by atoms with Gasteiger partial charge in [-0.25, -0.2) is 0 Å². The summed E-state index contributed by atoms with van der Waals surface area (Å²) in [6.07, 6.45) is 4.68. The first-order chi connectivity index (χ1) is 18.8. The Kier molecular flexibility index (Phi) is 14.0. The van der Waals surface area contributed by atoms with Crippen molar-refractivity contribution in [3.05, 3.63) is 47.5 Å². The Morgan fingerprint density at radius 2 is 1.69 bits per heavy atom. The quantitative estimate of drug-likeness (QED) is 0.233. The molecule has 0 bridgehead atoms. The van der Waals surface area contributed by atoms with Crippen LogP contribution in [0.2, 0.25) is 0 Å². The third-order valence-corrected chi connectivity index (χ3v) is 6.00. The van der Waals surface area contributed by atoms with Gasteiger partial charge in [-0.15, -0.1) is 0 Å².